The standard InChI is InChI=1S/C75H52N2/c1-5-21-56(22-6-1)71-50-60-24-15-16-25-61(60)51-74(71)77(68-46-47-70-69-34-17-18-35-72(69)75(73(70)52-68,62-28-7-2-8-29-62)63-30-9-3-10-31-63)66-43-38-55(39-44-66)58-27-19-26-57(48-58)54-36-41-65(42-37-54)76(64-32-11-4-12-33-64)67-45-40-53-20-13-14-23-59(53)49-67/h1-52H. The lowest BCUT2D eigenvalue weighted by Gasteiger charge is -2.35. The Hall–Kier alpha value is -10.0. The number of hydrogen-bond acceptors (Lipinski definition) is 2. The van der Waals surface area contributed by atoms with E-state index in [1.54, 1.807) is 0 Å². The molecule has 77 heavy (non-hydrogen) atoms. The van der Waals surface area contributed by atoms with Crippen LogP contribution in [0, 0.1) is 0 Å². The fourth-order valence-electron chi connectivity index (χ4n) is 12.1. The van der Waals surface area contributed by atoms with Crippen molar-refractivity contribution in [3.05, 3.63) is 338 Å². The summed E-state index contributed by atoms with van der Waals surface area (Å²) in [6.45, 7) is 0. The summed E-state index contributed by atoms with van der Waals surface area (Å²) in [7, 11) is 0. The molecule has 0 N–H and O–H groups in total. The number of hydrogen-bond donors (Lipinski definition) is 0. The average Bonchev–Trinajstić information content (AvgIpc) is 3.88. The van der Waals surface area contributed by atoms with Crippen LogP contribution in [0.1, 0.15) is 22.3 Å². The molecule has 13 aromatic carbocycles. The molecule has 0 unspecified atom stereocenters. The van der Waals surface area contributed by atoms with Gasteiger partial charge in [0.2, 0.25) is 0 Å². The van der Waals surface area contributed by atoms with Crippen LogP contribution < -0.4 is 9.80 Å². The minimum Gasteiger partial charge on any atom is -0.310 e. The number of para-hydroxylation sites is 1. The number of fused-ring (bicyclic) bond motifs is 5. The molecular weight excluding hydrogens is 929 g/mol. The normalized spacial score (nSPS) is 12.3. The van der Waals surface area contributed by atoms with Gasteiger partial charge < -0.3 is 9.80 Å². The van der Waals surface area contributed by atoms with Gasteiger partial charge in [-0.2, -0.15) is 0 Å². The van der Waals surface area contributed by atoms with Crippen LogP contribution in [0.3, 0.4) is 0 Å². The van der Waals surface area contributed by atoms with Crippen molar-refractivity contribution in [2.45, 2.75) is 5.41 Å². The summed E-state index contributed by atoms with van der Waals surface area (Å²) in [5, 5.41) is 4.84. The highest BCUT2D eigenvalue weighted by Gasteiger charge is 2.46. The SMILES string of the molecule is c1ccc(-c2cc3ccccc3cc2N(c2ccc(-c3cccc(-c4ccc(N(c5ccccc5)c5ccc6ccccc6c5)cc4)c3)cc2)c2ccc3c(c2)C(c2ccccc2)(c2ccccc2)c2ccccc2-3)cc1. The van der Waals surface area contributed by atoms with Crippen LogP contribution in [0.4, 0.5) is 34.1 Å². The van der Waals surface area contributed by atoms with Crippen molar-refractivity contribution in [1.29, 1.82) is 0 Å². The quantitative estimate of drug-likeness (QED) is 0.127. The van der Waals surface area contributed by atoms with Gasteiger partial charge in [-0.1, -0.05) is 237 Å². The molecule has 0 spiro atoms. The number of anilines is 6. The Bertz CT molecular complexity index is 4210. The third-order valence-corrected chi connectivity index (χ3v) is 15.7. The van der Waals surface area contributed by atoms with Crippen molar-refractivity contribution in [3.63, 3.8) is 0 Å². The third-order valence-electron chi connectivity index (χ3n) is 15.7. The Balaban J connectivity index is 0.882. The van der Waals surface area contributed by atoms with E-state index < -0.39 is 5.41 Å². The second-order valence-electron chi connectivity index (χ2n) is 20.1. The Labute approximate surface area is 450 Å². The molecule has 1 aliphatic carbocycles. The van der Waals surface area contributed by atoms with Crippen LogP contribution in [0.2, 0.25) is 0 Å². The molecule has 2 nitrogen and oxygen atoms in total. The van der Waals surface area contributed by atoms with E-state index in [1.807, 2.05) is 0 Å². The van der Waals surface area contributed by atoms with E-state index in [1.165, 1.54) is 60.5 Å². The Morgan fingerprint density at radius 2 is 0.649 bits per heavy atom. The zero-order valence-corrected chi connectivity index (χ0v) is 42.4. The van der Waals surface area contributed by atoms with E-state index in [0.717, 1.165) is 61.9 Å². The Morgan fingerprint density at radius 3 is 1.29 bits per heavy atom. The number of rotatable bonds is 11. The summed E-state index contributed by atoms with van der Waals surface area (Å²) < 4.78 is 0. The molecule has 0 saturated heterocycles. The van der Waals surface area contributed by atoms with Crippen LogP contribution in [0.5, 0.6) is 0 Å². The molecule has 0 aliphatic heterocycles. The summed E-state index contributed by atoms with van der Waals surface area (Å²) in [4.78, 5) is 4.82. The highest BCUT2D eigenvalue weighted by atomic mass is 15.1. The van der Waals surface area contributed by atoms with E-state index in [-0.39, 0.29) is 0 Å². The lowest BCUT2D eigenvalue weighted by atomic mass is 9.67. The minimum atomic E-state index is -0.546. The van der Waals surface area contributed by atoms with Crippen LogP contribution in [0.15, 0.2) is 315 Å². The molecule has 1 aliphatic rings. The van der Waals surface area contributed by atoms with E-state index in [0.29, 0.717) is 0 Å². The molecule has 14 rings (SSSR count). The van der Waals surface area contributed by atoms with Gasteiger partial charge in [0.25, 0.3) is 0 Å². The lowest BCUT2D eigenvalue weighted by molar-refractivity contribution is 0.768. The van der Waals surface area contributed by atoms with Gasteiger partial charge in [0.15, 0.2) is 0 Å². The maximum Gasteiger partial charge on any atom is 0.0714 e. The average molecular weight is 981 g/mol. The monoisotopic (exact) mass is 980 g/mol. The topological polar surface area (TPSA) is 6.48 Å². The van der Waals surface area contributed by atoms with Crippen molar-refractivity contribution < 1.29 is 0 Å². The molecule has 0 saturated carbocycles. The summed E-state index contributed by atoms with van der Waals surface area (Å²) >= 11 is 0. The second kappa shape index (κ2) is 19.4. The zero-order valence-electron chi connectivity index (χ0n) is 42.4. The first-order valence-corrected chi connectivity index (χ1v) is 26.6. The molecule has 2 heteroatoms. The highest BCUT2D eigenvalue weighted by molar-refractivity contribution is 5.99. The van der Waals surface area contributed by atoms with Gasteiger partial charge in [0.1, 0.15) is 0 Å². The predicted octanol–water partition coefficient (Wildman–Crippen LogP) is 20.3. The molecular formula is C75H52N2. The second-order valence-corrected chi connectivity index (χ2v) is 20.1. The first-order chi connectivity index (χ1) is 38.2. The third kappa shape index (κ3) is 8.07. The van der Waals surface area contributed by atoms with Crippen molar-refractivity contribution in [2.75, 3.05) is 9.80 Å². The summed E-state index contributed by atoms with van der Waals surface area (Å²) in [6.07, 6.45) is 0. The molecule has 362 valence electrons. The number of nitrogens with zero attached hydrogens (tertiary/aromatic N) is 2. The Kier molecular flexibility index (Phi) is 11.5. The van der Waals surface area contributed by atoms with Crippen LogP contribution in [-0.4, -0.2) is 0 Å². The molecule has 0 fully saturated rings. The van der Waals surface area contributed by atoms with Crippen molar-refractivity contribution in [1.82, 2.24) is 0 Å². The van der Waals surface area contributed by atoms with Crippen LogP contribution >= 0.6 is 0 Å². The number of benzene rings is 13. The zero-order chi connectivity index (χ0) is 51.1. The van der Waals surface area contributed by atoms with Crippen LogP contribution in [-0.2, 0) is 5.41 Å². The van der Waals surface area contributed by atoms with Gasteiger partial charge in [-0.15, -0.1) is 0 Å². The van der Waals surface area contributed by atoms with E-state index >= 15 is 0 Å². The molecule has 13 aromatic rings. The largest absolute Gasteiger partial charge is 0.310 e. The van der Waals surface area contributed by atoms with Gasteiger partial charge >= 0.3 is 0 Å². The minimum absolute atomic E-state index is 0.546. The van der Waals surface area contributed by atoms with Crippen molar-refractivity contribution in [3.8, 4) is 44.5 Å². The fraction of sp³-hybridized carbons (Fsp3) is 0.0133. The predicted molar refractivity (Wildman–Crippen MR) is 324 cm³/mol. The summed E-state index contributed by atoms with van der Waals surface area (Å²) in [5.74, 6) is 0. The molecule has 0 amide bonds. The lowest BCUT2D eigenvalue weighted by Crippen LogP contribution is -2.28. The van der Waals surface area contributed by atoms with Crippen molar-refractivity contribution in [2.24, 2.45) is 0 Å². The first kappa shape index (κ1) is 45.6. The fourth-order valence-corrected chi connectivity index (χ4v) is 12.1. The van der Waals surface area contributed by atoms with Crippen LogP contribution in [0.25, 0.3) is 66.1 Å². The van der Waals surface area contributed by atoms with Gasteiger partial charge in [-0.25, -0.2) is 0 Å². The molecule has 0 heterocycles. The molecule has 0 atom stereocenters. The molecule has 0 aromatic heterocycles. The summed E-state index contributed by atoms with van der Waals surface area (Å²) in [5.41, 5.74) is 20.6. The molecule has 0 radical (unpaired) electrons. The van der Waals surface area contributed by atoms with Gasteiger partial charge in [-0.05, 0) is 162 Å². The maximum atomic E-state index is 2.48. The maximum absolute atomic E-state index is 2.48. The van der Waals surface area contributed by atoms with Gasteiger partial charge in [0.05, 0.1) is 11.1 Å². The van der Waals surface area contributed by atoms with Gasteiger partial charge in [0, 0.05) is 34.0 Å². The van der Waals surface area contributed by atoms with E-state index in [9.17, 15) is 0 Å². The van der Waals surface area contributed by atoms with Gasteiger partial charge in [-0.3, -0.25) is 0 Å². The summed E-state index contributed by atoms with van der Waals surface area (Å²) in [6, 6.07) is 116. The smallest absolute Gasteiger partial charge is 0.0714 e. The Morgan fingerprint density at radius 1 is 0.208 bits per heavy atom. The highest BCUT2D eigenvalue weighted by Crippen LogP contribution is 2.57. The molecule has 0 bridgehead atoms. The van der Waals surface area contributed by atoms with Crippen molar-refractivity contribution >= 4 is 55.7 Å². The van der Waals surface area contributed by atoms with E-state index in [2.05, 4.69) is 325 Å². The first-order valence-electron chi connectivity index (χ1n) is 26.6. The van der Waals surface area contributed by atoms with E-state index in [4.69, 9.17) is 0 Å².